The highest BCUT2D eigenvalue weighted by atomic mass is 16.5. The van der Waals surface area contributed by atoms with Crippen molar-refractivity contribution in [1.82, 2.24) is 0 Å². The van der Waals surface area contributed by atoms with Crippen LogP contribution in [-0.2, 0) is 9.53 Å². The van der Waals surface area contributed by atoms with E-state index in [1.807, 2.05) is 20.8 Å². The van der Waals surface area contributed by atoms with Gasteiger partial charge in [-0.25, -0.2) is 0 Å². The third kappa shape index (κ3) is 5.75. The third-order valence-electron chi connectivity index (χ3n) is 1.37. The molecular weight excluding hydrogens is 152 g/mol. The van der Waals surface area contributed by atoms with Gasteiger partial charge in [0.2, 0.25) is 0 Å². The molecule has 0 atom stereocenters. The summed E-state index contributed by atoms with van der Waals surface area (Å²) in [6.07, 6.45) is 1.09. The quantitative estimate of drug-likeness (QED) is 0.476. The summed E-state index contributed by atoms with van der Waals surface area (Å²) in [5.41, 5.74) is 3.73. The van der Waals surface area contributed by atoms with Crippen LogP contribution in [0.3, 0.4) is 0 Å². The Hall–Kier alpha value is -1.01. The van der Waals surface area contributed by atoms with Crippen molar-refractivity contribution in [2.45, 2.75) is 39.7 Å². The van der Waals surface area contributed by atoms with Crippen molar-refractivity contribution >= 4 is 5.97 Å². The number of rotatable bonds is 4. The van der Waals surface area contributed by atoms with E-state index in [1.165, 1.54) is 0 Å². The number of carbonyl (C=O) groups excluding carboxylic acids is 1. The minimum atomic E-state index is -0.153. The molecule has 0 aliphatic rings. The van der Waals surface area contributed by atoms with Crippen molar-refractivity contribution in [2.24, 2.45) is 0 Å². The lowest BCUT2D eigenvalue weighted by atomic mass is 10.2. The molecule has 0 heterocycles. The minimum Gasteiger partial charge on any atom is -0.463 e. The SMILES string of the molecule is C=C=C(C)CCC(=O)OC(C)C. The summed E-state index contributed by atoms with van der Waals surface area (Å²) in [5.74, 6) is -0.153. The third-order valence-corrected chi connectivity index (χ3v) is 1.37. The summed E-state index contributed by atoms with van der Waals surface area (Å²) in [5, 5.41) is 0. The Morgan fingerprint density at radius 3 is 2.50 bits per heavy atom. The van der Waals surface area contributed by atoms with E-state index in [0.29, 0.717) is 12.8 Å². The summed E-state index contributed by atoms with van der Waals surface area (Å²) in [6.45, 7) is 9.07. The molecule has 0 aliphatic carbocycles. The number of esters is 1. The number of hydrogen-bond donors (Lipinski definition) is 0. The first-order valence-electron chi connectivity index (χ1n) is 4.11. The van der Waals surface area contributed by atoms with E-state index >= 15 is 0 Å². The highest BCUT2D eigenvalue weighted by molar-refractivity contribution is 5.69. The number of carbonyl (C=O) groups is 1. The van der Waals surface area contributed by atoms with Gasteiger partial charge in [-0.15, -0.1) is 5.73 Å². The van der Waals surface area contributed by atoms with Gasteiger partial charge in [0.05, 0.1) is 6.10 Å². The first-order chi connectivity index (χ1) is 5.56. The molecular formula is C10H16O2. The second kappa shape index (κ2) is 5.62. The molecule has 0 fully saturated rings. The molecule has 0 N–H and O–H groups in total. The molecule has 0 amide bonds. The van der Waals surface area contributed by atoms with E-state index in [4.69, 9.17) is 4.74 Å². The molecule has 0 unspecified atom stereocenters. The highest BCUT2D eigenvalue weighted by Crippen LogP contribution is 2.03. The summed E-state index contributed by atoms with van der Waals surface area (Å²) >= 11 is 0. The van der Waals surface area contributed by atoms with Gasteiger partial charge in [-0.1, -0.05) is 6.58 Å². The van der Waals surface area contributed by atoms with Gasteiger partial charge >= 0.3 is 5.97 Å². The molecule has 0 aromatic heterocycles. The van der Waals surface area contributed by atoms with Gasteiger partial charge in [-0.3, -0.25) is 4.79 Å². The standard InChI is InChI=1S/C10H16O2/c1-5-9(4)6-7-10(11)12-8(2)3/h8H,1,6-7H2,2-4H3. The molecule has 0 saturated carbocycles. The van der Waals surface area contributed by atoms with Gasteiger partial charge in [-0.2, -0.15) is 0 Å². The van der Waals surface area contributed by atoms with Crippen LogP contribution in [0.5, 0.6) is 0 Å². The Balaban J connectivity index is 3.65. The second-order valence-electron chi connectivity index (χ2n) is 3.00. The zero-order valence-electron chi connectivity index (χ0n) is 8.02. The van der Waals surface area contributed by atoms with Crippen LogP contribution in [0.4, 0.5) is 0 Å². The van der Waals surface area contributed by atoms with Crippen molar-refractivity contribution < 1.29 is 9.53 Å². The largest absolute Gasteiger partial charge is 0.463 e. The van der Waals surface area contributed by atoms with Crippen LogP contribution in [-0.4, -0.2) is 12.1 Å². The molecule has 0 spiro atoms. The number of ether oxygens (including phenoxy) is 1. The minimum absolute atomic E-state index is 0.0227. The maximum absolute atomic E-state index is 11.0. The molecule has 0 saturated heterocycles. The molecule has 0 radical (unpaired) electrons. The molecule has 68 valence electrons. The average molecular weight is 168 g/mol. The zero-order chi connectivity index (χ0) is 9.56. The van der Waals surface area contributed by atoms with E-state index in [0.717, 1.165) is 5.57 Å². The van der Waals surface area contributed by atoms with Crippen molar-refractivity contribution in [3.05, 3.63) is 17.9 Å². The summed E-state index contributed by atoms with van der Waals surface area (Å²) < 4.78 is 4.94. The number of hydrogen-bond acceptors (Lipinski definition) is 2. The van der Waals surface area contributed by atoms with Crippen LogP contribution >= 0.6 is 0 Å². The molecule has 0 aromatic carbocycles. The van der Waals surface area contributed by atoms with E-state index in [1.54, 1.807) is 0 Å². The van der Waals surface area contributed by atoms with Gasteiger partial charge in [0, 0.05) is 6.42 Å². The fraction of sp³-hybridized carbons (Fsp3) is 0.600. The Morgan fingerprint density at radius 1 is 1.50 bits per heavy atom. The zero-order valence-corrected chi connectivity index (χ0v) is 8.02. The van der Waals surface area contributed by atoms with Crippen molar-refractivity contribution in [2.75, 3.05) is 0 Å². The van der Waals surface area contributed by atoms with E-state index < -0.39 is 0 Å². The fourth-order valence-electron chi connectivity index (χ4n) is 0.700. The number of allylic oxidation sites excluding steroid dienone is 1. The first-order valence-corrected chi connectivity index (χ1v) is 4.11. The topological polar surface area (TPSA) is 26.3 Å². The Labute approximate surface area is 73.9 Å². The van der Waals surface area contributed by atoms with Crippen molar-refractivity contribution in [3.63, 3.8) is 0 Å². The molecule has 12 heavy (non-hydrogen) atoms. The Bertz CT molecular complexity index is 198. The average Bonchev–Trinajstić information content (AvgIpc) is 1.99. The molecule has 0 bridgehead atoms. The lowest BCUT2D eigenvalue weighted by Gasteiger charge is -2.06. The van der Waals surface area contributed by atoms with Crippen LogP contribution in [0.2, 0.25) is 0 Å². The summed E-state index contributed by atoms with van der Waals surface area (Å²) in [6, 6.07) is 0. The Morgan fingerprint density at radius 2 is 2.08 bits per heavy atom. The maximum atomic E-state index is 11.0. The molecule has 0 aliphatic heterocycles. The van der Waals surface area contributed by atoms with Gasteiger partial charge in [0.1, 0.15) is 0 Å². The summed E-state index contributed by atoms with van der Waals surface area (Å²) in [7, 11) is 0. The van der Waals surface area contributed by atoms with Crippen LogP contribution in [0.15, 0.2) is 17.9 Å². The Kier molecular flexibility index (Phi) is 5.14. The van der Waals surface area contributed by atoms with Crippen molar-refractivity contribution in [3.8, 4) is 0 Å². The van der Waals surface area contributed by atoms with Gasteiger partial charge in [0.15, 0.2) is 0 Å². The predicted molar refractivity (Wildman–Crippen MR) is 48.8 cm³/mol. The van der Waals surface area contributed by atoms with Gasteiger partial charge in [0.25, 0.3) is 0 Å². The lowest BCUT2D eigenvalue weighted by Crippen LogP contribution is -2.10. The molecule has 0 aromatic rings. The maximum Gasteiger partial charge on any atom is 0.306 e. The highest BCUT2D eigenvalue weighted by Gasteiger charge is 2.04. The van der Waals surface area contributed by atoms with Crippen LogP contribution < -0.4 is 0 Å². The van der Waals surface area contributed by atoms with E-state index in [9.17, 15) is 4.79 Å². The van der Waals surface area contributed by atoms with Crippen LogP contribution in [0, 0.1) is 0 Å². The summed E-state index contributed by atoms with van der Waals surface area (Å²) in [4.78, 5) is 11.0. The predicted octanol–water partition coefficient (Wildman–Crippen LogP) is 2.45. The lowest BCUT2D eigenvalue weighted by molar-refractivity contribution is -0.147. The first kappa shape index (κ1) is 11.0. The van der Waals surface area contributed by atoms with Gasteiger partial charge in [-0.05, 0) is 32.8 Å². The second-order valence-corrected chi connectivity index (χ2v) is 3.00. The normalized spacial score (nSPS) is 9.33. The van der Waals surface area contributed by atoms with Crippen LogP contribution in [0.25, 0.3) is 0 Å². The monoisotopic (exact) mass is 168 g/mol. The van der Waals surface area contributed by atoms with Gasteiger partial charge < -0.3 is 4.74 Å². The van der Waals surface area contributed by atoms with Crippen LogP contribution in [0.1, 0.15) is 33.6 Å². The van der Waals surface area contributed by atoms with E-state index in [2.05, 4.69) is 12.3 Å². The fourth-order valence-corrected chi connectivity index (χ4v) is 0.700. The molecule has 0 rings (SSSR count). The van der Waals surface area contributed by atoms with Crippen molar-refractivity contribution in [1.29, 1.82) is 0 Å². The smallest absolute Gasteiger partial charge is 0.306 e. The molecule has 2 heteroatoms. The molecule has 2 nitrogen and oxygen atoms in total. The van der Waals surface area contributed by atoms with E-state index in [-0.39, 0.29) is 12.1 Å².